The Kier molecular flexibility index (Phi) is 14.3. The van der Waals surface area contributed by atoms with E-state index >= 15 is 0 Å². The average molecular weight is 692 g/mol. The average Bonchev–Trinajstić information content (AvgIpc) is 3.02. The van der Waals surface area contributed by atoms with Crippen molar-refractivity contribution in [3.05, 3.63) is 0 Å². The monoisotopic (exact) mass is 691 g/mol. The molecule has 0 aliphatic carbocycles. The van der Waals surface area contributed by atoms with Crippen LogP contribution >= 0.6 is 0 Å². The molecule has 3 saturated heterocycles. The Morgan fingerprint density at radius 2 is 1.56 bits per heavy atom. The predicted molar refractivity (Wildman–Crippen MR) is 177 cm³/mol. The second-order valence-electron chi connectivity index (χ2n) is 15.6. The highest BCUT2D eigenvalue weighted by molar-refractivity contribution is 5.73. The number of aliphatic hydroxyl groups is 5. The number of aliphatic hydroxyl groups excluding tert-OH is 3. The van der Waals surface area contributed by atoms with Crippen LogP contribution in [0.5, 0.6) is 0 Å². The molecule has 3 heterocycles. The maximum absolute atomic E-state index is 14.0. The van der Waals surface area contributed by atoms with Crippen LogP contribution in [0.4, 0.5) is 0 Å². The maximum Gasteiger partial charge on any atom is 0.311 e. The van der Waals surface area contributed by atoms with Crippen molar-refractivity contribution in [1.82, 2.24) is 5.32 Å². The fraction of sp³-hybridized carbons (Fsp3) is 0.971. The number of hydrogen-bond acceptors (Lipinski definition) is 13. The Bertz CT molecular complexity index is 1030. The summed E-state index contributed by atoms with van der Waals surface area (Å²) in [5.74, 6) is -2.53. The van der Waals surface area contributed by atoms with Gasteiger partial charge in [0, 0.05) is 25.5 Å². The summed E-state index contributed by atoms with van der Waals surface area (Å²) >= 11 is 0. The summed E-state index contributed by atoms with van der Waals surface area (Å²) in [6.07, 6.45) is -7.26. The molecule has 0 spiro atoms. The minimum atomic E-state index is -1.79. The van der Waals surface area contributed by atoms with Gasteiger partial charge in [-0.05, 0) is 86.6 Å². The summed E-state index contributed by atoms with van der Waals surface area (Å²) in [7, 11) is 1.50. The molecule has 0 unspecified atom stereocenters. The van der Waals surface area contributed by atoms with Crippen molar-refractivity contribution in [1.29, 1.82) is 0 Å². The van der Waals surface area contributed by atoms with Crippen LogP contribution in [-0.2, 0) is 33.2 Å². The molecule has 3 aliphatic rings. The molecular formula is C35H65NO12. The molecule has 3 rings (SSSR count). The first-order valence-corrected chi connectivity index (χ1v) is 17.8. The van der Waals surface area contributed by atoms with E-state index in [-0.39, 0.29) is 31.3 Å². The molecule has 48 heavy (non-hydrogen) atoms. The number of carbonyl (C=O) groups is 1. The first-order chi connectivity index (χ1) is 22.2. The molecule has 17 atom stereocenters. The van der Waals surface area contributed by atoms with Crippen LogP contribution in [0.25, 0.3) is 0 Å². The van der Waals surface area contributed by atoms with Crippen LogP contribution in [0.2, 0.25) is 0 Å². The molecule has 0 aromatic carbocycles. The molecule has 0 amide bonds. The summed E-state index contributed by atoms with van der Waals surface area (Å²) in [6.45, 7) is 17.8. The summed E-state index contributed by atoms with van der Waals surface area (Å²) in [5.41, 5.74) is -4.32. The van der Waals surface area contributed by atoms with Crippen LogP contribution in [0.1, 0.15) is 101 Å². The van der Waals surface area contributed by atoms with Crippen molar-refractivity contribution >= 4 is 5.97 Å². The van der Waals surface area contributed by atoms with Gasteiger partial charge in [-0.15, -0.1) is 0 Å². The van der Waals surface area contributed by atoms with Crippen molar-refractivity contribution in [2.24, 2.45) is 17.8 Å². The number of hydrogen-bond donors (Lipinski definition) is 6. The molecule has 3 fully saturated rings. The fourth-order valence-electron chi connectivity index (χ4n) is 7.76. The van der Waals surface area contributed by atoms with E-state index in [2.05, 4.69) is 5.32 Å². The Labute approximate surface area is 286 Å². The Morgan fingerprint density at radius 1 is 0.917 bits per heavy atom. The molecule has 3 aliphatic heterocycles. The van der Waals surface area contributed by atoms with E-state index in [1.165, 1.54) is 14.0 Å². The van der Waals surface area contributed by atoms with Gasteiger partial charge in [0.15, 0.2) is 12.6 Å². The first-order valence-electron chi connectivity index (χ1n) is 17.8. The number of cyclic esters (lactones) is 1. The molecule has 0 bridgehead atoms. The minimum Gasteiger partial charge on any atom is -0.459 e. The lowest BCUT2D eigenvalue weighted by atomic mass is 9.77. The quantitative estimate of drug-likeness (QED) is 0.223. The van der Waals surface area contributed by atoms with E-state index in [4.69, 9.17) is 28.4 Å². The van der Waals surface area contributed by atoms with Crippen LogP contribution in [0, 0.1) is 17.8 Å². The Morgan fingerprint density at radius 3 is 2.17 bits per heavy atom. The SMILES string of the molecule is CC[C@H]1OC(=O)[C@H](C)[C@@H](O[C@H]2C[C@@](C)(OC)[C@@H](O)[C@H](C)O2)[C@H](C)[C@@H](O[C@@H]2O[C@H](C)CC[C@H]2O)[C@](C)(O)C[C@H](C)CN[C@H](C)[C@@H](O)[C@]1(C)O. The molecule has 13 nitrogen and oxygen atoms in total. The van der Waals surface area contributed by atoms with Crippen molar-refractivity contribution in [3.63, 3.8) is 0 Å². The highest BCUT2D eigenvalue weighted by atomic mass is 16.7. The van der Waals surface area contributed by atoms with Crippen LogP contribution in [0.15, 0.2) is 0 Å². The normalized spacial score (nSPS) is 50.6. The zero-order chi connectivity index (χ0) is 36.4. The summed E-state index contributed by atoms with van der Waals surface area (Å²) in [5, 5.41) is 60.0. The number of esters is 1. The molecule has 282 valence electrons. The van der Waals surface area contributed by atoms with Gasteiger partial charge in [-0.2, -0.15) is 0 Å². The topological polar surface area (TPSA) is 186 Å². The van der Waals surface area contributed by atoms with Gasteiger partial charge in [0.1, 0.15) is 30.0 Å². The van der Waals surface area contributed by atoms with E-state index < -0.39 is 96.0 Å². The van der Waals surface area contributed by atoms with Gasteiger partial charge in [0.05, 0.1) is 41.5 Å². The number of methoxy groups -OCH3 is 1. The van der Waals surface area contributed by atoms with Gasteiger partial charge < -0.3 is 59.3 Å². The third kappa shape index (κ3) is 9.47. The van der Waals surface area contributed by atoms with Gasteiger partial charge in [-0.3, -0.25) is 4.79 Å². The number of rotatable bonds is 6. The summed E-state index contributed by atoms with van der Waals surface area (Å²) in [4.78, 5) is 14.0. The van der Waals surface area contributed by atoms with Crippen LogP contribution < -0.4 is 5.32 Å². The van der Waals surface area contributed by atoms with Crippen molar-refractivity contribution in [2.45, 2.75) is 186 Å². The first kappa shape index (κ1) is 41.5. The molecule has 0 radical (unpaired) electrons. The van der Waals surface area contributed by atoms with Gasteiger partial charge in [0.25, 0.3) is 0 Å². The molecule has 0 aromatic heterocycles. The lowest BCUT2D eigenvalue weighted by Gasteiger charge is -2.48. The predicted octanol–water partition coefficient (Wildman–Crippen LogP) is 2.02. The van der Waals surface area contributed by atoms with Crippen LogP contribution in [-0.4, -0.2) is 129 Å². The highest BCUT2D eigenvalue weighted by Crippen LogP contribution is 2.39. The lowest BCUT2D eigenvalue weighted by molar-refractivity contribution is -0.314. The lowest BCUT2D eigenvalue weighted by Crippen LogP contribution is -2.59. The maximum atomic E-state index is 14.0. The molecule has 6 N–H and O–H groups in total. The van der Waals surface area contributed by atoms with E-state index in [1.807, 2.05) is 20.8 Å². The van der Waals surface area contributed by atoms with Crippen LogP contribution in [0.3, 0.4) is 0 Å². The summed E-state index contributed by atoms with van der Waals surface area (Å²) < 4.78 is 36.9. The summed E-state index contributed by atoms with van der Waals surface area (Å²) in [6, 6.07) is -0.576. The fourth-order valence-corrected chi connectivity index (χ4v) is 7.76. The third-order valence-corrected chi connectivity index (χ3v) is 11.0. The number of nitrogens with one attached hydrogen (secondary N) is 1. The van der Waals surface area contributed by atoms with Gasteiger partial charge in [-0.1, -0.05) is 20.8 Å². The van der Waals surface area contributed by atoms with E-state index in [9.17, 15) is 30.3 Å². The van der Waals surface area contributed by atoms with Gasteiger partial charge in [0.2, 0.25) is 0 Å². The van der Waals surface area contributed by atoms with Gasteiger partial charge in [-0.25, -0.2) is 0 Å². The minimum absolute atomic E-state index is 0.137. The standard InChI is InChI=1S/C35H65NO12/c1-12-25-35(10,42)28(38)22(6)36-17-18(2)15-33(8,41)30(48-32-24(37)14-13-19(3)44-32)20(4)27(21(5)31(40)46-25)47-26-16-34(9,43-11)29(39)23(7)45-26/h18-30,32,36-39,41-42H,12-17H2,1-11H3/t18-,19+,20-,21+,22+,23-,24+,25+,26-,27-,28+,29-,30+,32-,33+,34+,35+/m0/s1. The Balaban J connectivity index is 2.11. The second kappa shape index (κ2) is 16.6. The molecule has 0 aromatic rings. The third-order valence-electron chi connectivity index (χ3n) is 11.0. The number of carbonyl (C=O) groups excluding carboxylic acids is 1. The highest BCUT2D eigenvalue weighted by Gasteiger charge is 2.51. The molecular weight excluding hydrogens is 626 g/mol. The molecule has 13 heteroatoms. The molecule has 0 saturated carbocycles. The van der Waals surface area contributed by atoms with Crippen molar-refractivity contribution in [3.8, 4) is 0 Å². The Hall–Kier alpha value is -0.970. The van der Waals surface area contributed by atoms with E-state index in [0.717, 1.165) is 0 Å². The zero-order valence-corrected chi connectivity index (χ0v) is 30.9. The smallest absolute Gasteiger partial charge is 0.311 e. The number of ether oxygens (including phenoxy) is 6. The largest absolute Gasteiger partial charge is 0.459 e. The van der Waals surface area contributed by atoms with E-state index in [1.54, 1.807) is 41.5 Å². The van der Waals surface area contributed by atoms with Crippen molar-refractivity contribution < 1.29 is 58.7 Å². The second-order valence-corrected chi connectivity index (χ2v) is 15.6. The zero-order valence-electron chi connectivity index (χ0n) is 30.9. The van der Waals surface area contributed by atoms with E-state index in [0.29, 0.717) is 19.4 Å². The van der Waals surface area contributed by atoms with Crippen molar-refractivity contribution in [2.75, 3.05) is 13.7 Å². The van der Waals surface area contributed by atoms with Gasteiger partial charge >= 0.3 is 5.97 Å².